The van der Waals surface area contributed by atoms with Gasteiger partial charge >= 0.3 is 0 Å². The first-order valence-corrected chi connectivity index (χ1v) is 4.88. The van der Waals surface area contributed by atoms with Crippen LogP contribution in [-0.4, -0.2) is 13.7 Å². The predicted molar refractivity (Wildman–Crippen MR) is 57.2 cm³/mol. The van der Waals surface area contributed by atoms with Crippen molar-refractivity contribution in [2.75, 3.05) is 13.7 Å². The number of rotatable bonds is 4. The Morgan fingerprint density at radius 3 is 2.57 bits per heavy atom. The molecule has 0 heterocycles. The summed E-state index contributed by atoms with van der Waals surface area (Å²) in [6.45, 7) is 6.60. The lowest BCUT2D eigenvalue weighted by atomic mass is 10.0. The second kappa shape index (κ2) is 4.58. The maximum Gasteiger partial charge on any atom is 0.191 e. The summed E-state index contributed by atoms with van der Waals surface area (Å²) in [5.41, 5.74) is 2.27. The van der Waals surface area contributed by atoms with E-state index < -0.39 is 5.79 Å². The Morgan fingerprint density at radius 1 is 1.36 bits per heavy atom. The topological polar surface area (TPSA) is 18.5 Å². The molecule has 0 N–H and O–H groups in total. The molecule has 0 saturated heterocycles. The molecule has 1 rings (SSSR count). The number of hydrogen-bond donors (Lipinski definition) is 0. The van der Waals surface area contributed by atoms with E-state index >= 15 is 0 Å². The molecule has 0 aliphatic carbocycles. The van der Waals surface area contributed by atoms with Crippen molar-refractivity contribution in [2.24, 2.45) is 0 Å². The fraction of sp³-hybridized carbons (Fsp3) is 0.500. The van der Waals surface area contributed by atoms with Gasteiger partial charge in [-0.1, -0.05) is 29.8 Å². The molecule has 0 aromatic heterocycles. The number of benzene rings is 1. The average Bonchev–Trinajstić information content (AvgIpc) is 2.18. The molecule has 78 valence electrons. The fourth-order valence-electron chi connectivity index (χ4n) is 1.46. The summed E-state index contributed by atoms with van der Waals surface area (Å²) in [6.07, 6.45) is 0. The Kier molecular flexibility index (Phi) is 3.67. The highest BCUT2D eigenvalue weighted by Crippen LogP contribution is 2.26. The first-order valence-electron chi connectivity index (χ1n) is 4.88. The minimum atomic E-state index is -0.624. The molecule has 0 aliphatic heterocycles. The molecule has 0 aliphatic rings. The van der Waals surface area contributed by atoms with Crippen LogP contribution >= 0.6 is 0 Å². The van der Waals surface area contributed by atoms with Crippen LogP contribution in [-0.2, 0) is 15.3 Å². The smallest absolute Gasteiger partial charge is 0.191 e. The molecule has 14 heavy (non-hydrogen) atoms. The van der Waals surface area contributed by atoms with Crippen molar-refractivity contribution >= 4 is 0 Å². The van der Waals surface area contributed by atoms with E-state index in [2.05, 4.69) is 19.1 Å². The zero-order valence-corrected chi connectivity index (χ0v) is 9.33. The Hall–Kier alpha value is -0.860. The van der Waals surface area contributed by atoms with Gasteiger partial charge in [-0.25, -0.2) is 0 Å². The van der Waals surface area contributed by atoms with Gasteiger partial charge in [0.05, 0.1) is 0 Å². The Labute approximate surface area is 85.8 Å². The maximum absolute atomic E-state index is 5.60. The van der Waals surface area contributed by atoms with E-state index in [1.807, 2.05) is 26.0 Å². The maximum atomic E-state index is 5.60. The van der Waals surface area contributed by atoms with Crippen LogP contribution in [0.1, 0.15) is 25.0 Å². The highest BCUT2D eigenvalue weighted by molar-refractivity contribution is 5.25. The second-order valence-electron chi connectivity index (χ2n) is 3.45. The molecule has 0 amide bonds. The van der Waals surface area contributed by atoms with Crippen LogP contribution in [0.3, 0.4) is 0 Å². The summed E-state index contributed by atoms with van der Waals surface area (Å²) in [5, 5.41) is 0. The van der Waals surface area contributed by atoms with Crippen molar-refractivity contribution in [3.63, 3.8) is 0 Å². The zero-order chi connectivity index (χ0) is 10.6. The van der Waals surface area contributed by atoms with Gasteiger partial charge in [0.2, 0.25) is 0 Å². The van der Waals surface area contributed by atoms with Gasteiger partial charge in [-0.05, 0) is 20.8 Å². The van der Waals surface area contributed by atoms with Crippen LogP contribution in [0.25, 0.3) is 0 Å². The van der Waals surface area contributed by atoms with E-state index in [1.165, 1.54) is 5.56 Å². The minimum Gasteiger partial charge on any atom is -0.349 e. The molecule has 1 aromatic carbocycles. The lowest BCUT2D eigenvalue weighted by Gasteiger charge is -2.28. The number of methoxy groups -OCH3 is 1. The zero-order valence-electron chi connectivity index (χ0n) is 9.33. The van der Waals surface area contributed by atoms with E-state index in [0.717, 1.165) is 5.56 Å². The van der Waals surface area contributed by atoms with Gasteiger partial charge in [-0.2, -0.15) is 0 Å². The molecule has 1 aromatic rings. The van der Waals surface area contributed by atoms with Crippen LogP contribution in [0, 0.1) is 6.92 Å². The predicted octanol–water partition coefficient (Wildman–Crippen LogP) is 2.85. The highest BCUT2D eigenvalue weighted by atomic mass is 16.7. The Morgan fingerprint density at radius 2 is 2.07 bits per heavy atom. The molecular formula is C12H18O2. The molecule has 2 heteroatoms. The first-order chi connectivity index (χ1) is 6.62. The van der Waals surface area contributed by atoms with Gasteiger partial charge in [0.25, 0.3) is 0 Å². The molecule has 0 spiro atoms. The van der Waals surface area contributed by atoms with Crippen molar-refractivity contribution in [1.29, 1.82) is 0 Å². The third-order valence-electron chi connectivity index (χ3n) is 2.35. The van der Waals surface area contributed by atoms with Crippen LogP contribution < -0.4 is 0 Å². The minimum absolute atomic E-state index is 0.624. The highest BCUT2D eigenvalue weighted by Gasteiger charge is 2.26. The van der Waals surface area contributed by atoms with Gasteiger partial charge in [0.15, 0.2) is 5.79 Å². The van der Waals surface area contributed by atoms with Crippen LogP contribution in [0.5, 0.6) is 0 Å². The Balaban J connectivity index is 2.99. The van der Waals surface area contributed by atoms with E-state index in [4.69, 9.17) is 9.47 Å². The van der Waals surface area contributed by atoms with Crippen LogP contribution in [0.2, 0.25) is 0 Å². The molecule has 0 fully saturated rings. The molecular weight excluding hydrogens is 176 g/mol. The largest absolute Gasteiger partial charge is 0.349 e. The standard InChI is InChI=1S/C12H18O2/c1-5-14-12(3,13-4)11-8-6-7-10(2)9-11/h6-9H,5H2,1-4H3. The average molecular weight is 194 g/mol. The molecule has 1 unspecified atom stereocenters. The third kappa shape index (κ3) is 2.34. The van der Waals surface area contributed by atoms with Crippen LogP contribution in [0.15, 0.2) is 24.3 Å². The van der Waals surface area contributed by atoms with Crippen molar-refractivity contribution in [3.8, 4) is 0 Å². The van der Waals surface area contributed by atoms with Crippen LogP contribution in [0.4, 0.5) is 0 Å². The molecule has 2 nitrogen and oxygen atoms in total. The number of ether oxygens (including phenoxy) is 2. The van der Waals surface area contributed by atoms with E-state index in [0.29, 0.717) is 6.61 Å². The summed E-state index contributed by atoms with van der Waals surface area (Å²) in [7, 11) is 1.66. The number of hydrogen-bond acceptors (Lipinski definition) is 2. The van der Waals surface area contributed by atoms with Crippen molar-refractivity contribution in [1.82, 2.24) is 0 Å². The quantitative estimate of drug-likeness (QED) is 0.686. The van der Waals surface area contributed by atoms with Crippen molar-refractivity contribution in [2.45, 2.75) is 26.6 Å². The van der Waals surface area contributed by atoms with Crippen molar-refractivity contribution < 1.29 is 9.47 Å². The second-order valence-corrected chi connectivity index (χ2v) is 3.45. The molecule has 1 atom stereocenters. The molecule has 0 bridgehead atoms. The SMILES string of the molecule is CCOC(C)(OC)c1cccc(C)c1. The van der Waals surface area contributed by atoms with Gasteiger partial charge in [-0.3, -0.25) is 0 Å². The summed E-state index contributed by atoms with van der Waals surface area (Å²) in [5.74, 6) is -0.624. The van der Waals surface area contributed by atoms with Gasteiger partial charge in [-0.15, -0.1) is 0 Å². The van der Waals surface area contributed by atoms with Crippen molar-refractivity contribution in [3.05, 3.63) is 35.4 Å². The van der Waals surface area contributed by atoms with Gasteiger partial charge in [0.1, 0.15) is 0 Å². The van der Waals surface area contributed by atoms with Gasteiger partial charge < -0.3 is 9.47 Å². The van der Waals surface area contributed by atoms with E-state index in [-0.39, 0.29) is 0 Å². The van der Waals surface area contributed by atoms with E-state index in [9.17, 15) is 0 Å². The normalized spacial score (nSPS) is 15.1. The molecule has 0 radical (unpaired) electrons. The van der Waals surface area contributed by atoms with E-state index in [1.54, 1.807) is 7.11 Å². The Bertz CT molecular complexity index is 296. The van der Waals surface area contributed by atoms with Gasteiger partial charge in [0, 0.05) is 19.3 Å². The first kappa shape index (κ1) is 11.2. The lowest BCUT2D eigenvalue weighted by molar-refractivity contribution is -0.216. The third-order valence-corrected chi connectivity index (χ3v) is 2.35. The summed E-state index contributed by atoms with van der Waals surface area (Å²) < 4.78 is 11.0. The summed E-state index contributed by atoms with van der Waals surface area (Å²) in [6, 6.07) is 8.18. The lowest BCUT2D eigenvalue weighted by Crippen LogP contribution is -2.28. The number of aryl methyl sites for hydroxylation is 1. The summed E-state index contributed by atoms with van der Waals surface area (Å²) >= 11 is 0. The monoisotopic (exact) mass is 194 g/mol. The summed E-state index contributed by atoms with van der Waals surface area (Å²) in [4.78, 5) is 0. The molecule has 0 saturated carbocycles. The fourth-order valence-corrected chi connectivity index (χ4v) is 1.46.